The van der Waals surface area contributed by atoms with Crippen LogP contribution in [-0.4, -0.2) is 36.2 Å². The van der Waals surface area contributed by atoms with Crippen molar-refractivity contribution in [1.29, 1.82) is 0 Å². The second-order valence-corrected chi connectivity index (χ2v) is 9.42. The van der Waals surface area contributed by atoms with Gasteiger partial charge in [-0.3, -0.25) is 19.2 Å². The van der Waals surface area contributed by atoms with Crippen LogP contribution in [0.3, 0.4) is 0 Å². The van der Waals surface area contributed by atoms with E-state index in [2.05, 4.69) is 16.0 Å². The fraction of sp³-hybridized carbons (Fsp3) is 0.231. The van der Waals surface area contributed by atoms with E-state index in [1.807, 2.05) is 30.3 Å². The molecule has 1 aliphatic heterocycles. The molecule has 4 amide bonds. The topological polar surface area (TPSA) is 130 Å². The molecule has 0 saturated heterocycles. The second-order valence-electron chi connectivity index (χ2n) is 8.51. The van der Waals surface area contributed by atoms with Gasteiger partial charge in [0.25, 0.3) is 11.8 Å². The first-order valence-corrected chi connectivity index (χ1v) is 12.3. The van der Waals surface area contributed by atoms with Gasteiger partial charge in [-0.05, 0) is 48.6 Å². The van der Waals surface area contributed by atoms with Gasteiger partial charge < -0.3 is 21.7 Å². The number of benzene rings is 2. The molecule has 36 heavy (non-hydrogen) atoms. The number of amides is 4. The number of carbonyl (C=O) groups excluding carboxylic acids is 4. The highest BCUT2D eigenvalue weighted by Crippen LogP contribution is 2.26. The van der Waals surface area contributed by atoms with E-state index >= 15 is 0 Å². The van der Waals surface area contributed by atoms with Crippen molar-refractivity contribution in [2.75, 3.05) is 11.9 Å². The molecule has 2 heterocycles. The SMILES string of the molecule is NC(=O)c1csc(C(=O)NC(CCNC(=O)c2cc3c(cc2F)NC(=O)CC3)Cc2ccccc2)c1. The molecule has 0 bridgehead atoms. The molecule has 1 aromatic heterocycles. The molecule has 10 heteroatoms. The summed E-state index contributed by atoms with van der Waals surface area (Å²) in [5, 5.41) is 9.83. The number of rotatable bonds is 9. The Kier molecular flexibility index (Phi) is 7.74. The van der Waals surface area contributed by atoms with E-state index in [0.29, 0.717) is 35.4 Å². The van der Waals surface area contributed by atoms with Crippen molar-refractivity contribution in [3.05, 3.63) is 86.9 Å². The molecule has 0 radical (unpaired) electrons. The number of aryl methyl sites for hydroxylation is 1. The summed E-state index contributed by atoms with van der Waals surface area (Å²) < 4.78 is 14.5. The van der Waals surface area contributed by atoms with Crippen molar-refractivity contribution in [3.63, 3.8) is 0 Å². The maximum atomic E-state index is 14.5. The van der Waals surface area contributed by atoms with Crippen molar-refractivity contribution < 1.29 is 23.6 Å². The lowest BCUT2D eigenvalue weighted by atomic mass is 9.99. The van der Waals surface area contributed by atoms with Gasteiger partial charge in [-0.1, -0.05) is 30.3 Å². The Morgan fingerprint density at radius 1 is 1.08 bits per heavy atom. The molecule has 0 aliphatic carbocycles. The van der Waals surface area contributed by atoms with E-state index in [0.717, 1.165) is 16.9 Å². The summed E-state index contributed by atoms with van der Waals surface area (Å²) in [6.07, 6.45) is 1.63. The van der Waals surface area contributed by atoms with Crippen molar-refractivity contribution in [2.24, 2.45) is 5.73 Å². The van der Waals surface area contributed by atoms with Gasteiger partial charge in [0.1, 0.15) is 5.82 Å². The minimum atomic E-state index is -0.717. The number of hydrogen-bond acceptors (Lipinski definition) is 5. The number of hydrogen-bond donors (Lipinski definition) is 4. The number of fused-ring (bicyclic) bond motifs is 1. The Morgan fingerprint density at radius 3 is 2.58 bits per heavy atom. The normalized spacial score (nSPS) is 13.3. The monoisotopic (exact) mass is 508 g/mol. The summed E-state index contributed by atoms with van der Waals surface area (Å²) in [5.41, 5.74) is 7.55. The van der Waals surface area contributed by atoms with Crippen LogP contribution in [0.15, 0.2) is 53.9 Å². The lowest BCUT2D eigenvalue weighted by Gasteiger charge is -2.20. The van der Waals surface area contributed by atoms with E-state index in [-0.39, 0.29) is 41.9 Å². The van der Waals surface area contributed by atoms with E-state index < -0.39 is 17.6 Å². The molecule has 5 N–H and O–H groups in total. The maximum Gasteiger partial charge on any atom is 0.261 e. The van der Waals surface area contributed by atoms with Crippen molar-refractivity contribution in [2.45, 2.75) is 31.7 Å². The van der Waals surface area contributed by atoms with E-state index in [1.165, 1.54) is 23.6 Å². The molecule has 0 saturated carbocycles. The van der Waals surface area contributed by atoms with Crippen LogP contribution in [0.4, 0.5) is 10.1 Å². The highest BCUT2D eigenvalue weighted by molar-refractivity contribution is 7.12. The van der Waals surface area contributed by atoms with Crippen molar-refractivity contribution in [1.82, 2.24) is 10.6 Å². The number of nitrogens with one attached hydrogen (secondary N) is 3. The average Bonchev–Trinajstić information content (AvgIpc) is 3.35. The summed E-state index contributed by atoms with van der Waals surface area (Å²) in [6, 6.07) is 13.3. The molecule has 3 aromatic rings. The van der Waals surface area contributed by atoms with Crippen LogP contribution in [0.25, 0.3) is 0 Å². The third-order valence-corrected chi connectivity index (χ3v) is 6.81. The summed E-state index contributed by atoms with van der Waals surface area (Å²) in [7, 11) is 0. The lowest BCUT2D eigenvalue weighted by Crippen LogP contribution is -2.39. The number of thiophene rings is 1. The number of halogens is 1. The lowest BCUT2D eigenvalue weighted by molar-refractivity contribution is -0.116. The maximum absolute atomic E-state index is 14.5. The Balaban J connectivity index is 1.41. The molecular weight excluding hydrogens is 483 g/mol. The van der Waals surface area contributed by atoms with Gasteiger partial charge in [0.2, 0.25) is 11.8 Å². The zero-order valence-corrected chi connectivity index (χ0v) is 20.1. The van der Waals surface area contributed by atoms with Gasteiger partial charge in [-0.2, -0.15) is 0 Å². The van der Waals surface area contributed by atoms with Gasteiger partial charge in [0, 0.05) is 30.1 Å². The summed E-state index contributed by atoms with van der Waals surface area (Å²) >= 11 is 1.12. The van der Waals surface area contributed by atoms with Crippen molar-refractivity contribution in [3.8, 4) is 0 Å². The van der Waals surface area contributed by atoms with Crippen LogP contribution in [0.2, 0.25) is 0 Å². The van der Waals surface area contributed by atoms with Crippen LogP contribution in [0, 0.1) is 5.82 Å². The molecule has 2 aromatic carbocycles. The third kappa shape index (κ3) is 6.14. The summed E-state index contributed by atoms with van der Waals surface area (Å²) in [6.45, 7) is 0.195. The van der Waals surface area contributed by atoms with Crippen LogP contribution in [0.1, 0.15) is 54.4 Å². The van der Waals surface area contributed by atoms with Crippen LogP contribution in [0.5, 0.6) is 0 Å². The quantitative estimate of drug-likeness (QED) is 0.354. The Morgan fingerprint density at radius 2 is 1.86 bits per heavy atom. The highest BCUT2D eigenvalue weighted by atomic mass is 32.1. The third-order valence-electron chi connectivity index (χ3n) is 5.88. The minimum Gasteiger partial charge on any atom is -0.366 e. The zero-order chi connectivity index (χ0) is 25.7. The van der Waals surface area contributed by atoms with Gasteiger partial charge >= 0.3 is 0 Å². The predicted octanol–water partition coefficient (Wildman–Crippen LogP) is 3.03. The zero-order valence-electron chi connectivity index (χ0n) is 19.3. The molecule has 1 atom stereocenters. The number of anilines is 1. The molecule has 8 nitrogen and oxygen atoms in total. The first kappa shape index (κ1) is 25.1. The van der Waals surface area contributed by atoms with Crippen LogP contribution >= 0.6 is 11.3 Å². The molecule has 1 aliphatic rings. The molecular formula is C26H25FN4O4S. The van der Waals surface area contributed by atoms with Crippen molar-refractivity contribution >= 4 is 40.7 Å². The smallest absolute Gasteiger partial charge is 0.261 e. The second kappa shape index (κ2) is 11.1. The number of carbonyl (C=O) groups is 4. The van der Waals surface area contributed by atoms with E-state index in [9.17, 15) is 23.6 Å². The van der Waals surface area contributed by atoms with Crippen LogP contribution < -0.4 is 21.7 Å². The first-order chi connectivity index (χ1) is 17.3. The summed E-state index contributed by atoms with van der Waals surface area (Å²) in [4.78, 5) is 48.7. The van der Waals surface area contributed by atoms with Gasteiger partial charge in [0.05, 0.1) is 16.0 Å². The Labute approximate surface area is 211 Å². The van der Waals surface area contributed by atoms with E-state index in [1.54, 1.807) is 0 Å². The van der Waals surface area contributed by atoms with Crippen LogP contribution in [-0.2, 0) is 17.6 Å². The Hall–Kier alpha value is -4.05. The highest BCUT2D eigenvalue weighted by Gasteiger charge is 2.21. The standard InChI is InChI=1S/C26H25FN4O4S/c27-20-13-21-16(6-7-23(32)31-21)11-19(20)25(34)29-9-8-18(10-15-4-2-1-3-5-15)30-26(35)22-12-17(14-36-22)24(28)33/h1-5,11-14,18H,6-10H2,(H2,28,33)(H,29,34)(H,30,35)(H,31,32). The minimum absolute atomic E-state index is 0.0916. The summed E-state index contributed by atoms with van der Waals surface area (Å²) in [5.74, 6) is -2.42. The predicted molar refractivity (Wildman–Crippen MR) is 135 cm³/mol. The first-order valence-electron chi connectivity index (χ1n) is 11.4. The van der Waals surface area contributed by atoms with E-state index in [4.69, 9.17) is 5.73 Å². The van der Waals surface area contributed by atoms with Gasteiger partial charge in [-0.25, -0.2) is 4.39 Å². The largest absolute Gasteiger partial charge is 0.366 e. The molecule has 0 spiro atoms. The Bertz CT molecular complexity index is 1310. The fourth-order valence-electron chi connectivity index (χ4n) is 4.00. The fourth-order valence-corrected chi connectivity index (χ4v) is 4.80. The van der Waals surface area contributed by atoms with Gasteiger partial charge in [-0.15, -0.1) is 11.3 Å². The number of primary amides is 1. The molecule has 0 fully saturated rings. The average molecular weight is 509 g/mol. The molecule has 4 rings (SSSR count). The molecule has 186 valence electrons. The number of nitrogens with two attached hydrogens (primary N) is 1. The van der Waals surface area contributed by atoms with Gasteiger partial charge in [0.15, 0.2) is 0 Å². The molecule has 1 unspecified atom stereocenters.